The zero-order valence-corrected chi connectivity index (χ0v) is 19.9. The van der Waals surface area contributed by atoms with Gasteiger partial charge in [-0.2, -0.15) is 5.10 Å². The number of carbonyl (C=O) groups is 2. The first-order valence-corrected chi connectivity index (χ1v) is 11.4. The number of nitrogens with one attached hydrogen (secondary N) is 1. The van der Waals surface area contributed by atoms with Gasteiger partial charge in [-0.1, -0.05) is 50.2 Å². The van der Waals surface area contributed by atoms with E-state index in [4.69, 9.17) is 4.74 Å². The van der Waals surface area contributed by atoms with Gasteiger partial charge in [-0.05, 0) is 50.5 Å². The van der Waals surface area contributed by atoms with Crippen LogP contribution in [0.4, 0.5) is 5.82 Å². The summed E-state index contributed by atoms with van der Waals surface area (Å²) >= 11 is 0. The molecule has 3 rings (SSSR count). The van der Waals surface area contributed by atoms with Crippen LogP contribution >= 0.6 is 0 Å². The number of benzene rings is 2. The summed E-state index contributed by atoms with van der Waals surface area (Å²) < 4.78 is 7.59. The first-order valence-electron chi connectivity index (χ1n) is 11.4. The number of anilines is 1. The number of ether oxygens (including phenoxy) is 1. The quantitative estimate of drug-likeness (QED) is 0.506. The highest BCUT2D eigenvalue weighted by molar-refractivity contribution is 6.04. The molecule has 2 aromatic carbocycles. The molecule has 33 heavy (non-hydrogen) atoms. The van der Waals surface area contributed by atoms with Crippen LogP contribution in [0.5, 0.6) is 5.75 Å². The molecule has 0 spiro atoms. The number of nitrogens with zero attached hydrogens (tertiary/aromatic N) is 3. The second-order valence-electron chi connectivity index (χ2n) is 8.07. The second-order valence-corrected chi connectivity index (χ2v) is 8.07. The van der Waals surface area contributed by atoms with Crippen LogP contribution in [0.1, 0.15) is 56.5 Å². The Bertz CT molecular complexity index is 1090. The summed E-state index contributed by atoms with van der Waals surface area (Å²) in [6, 6.07) is 17.1. The van der Waals surface area contributed by atoms with Gasteiger partial charge in [0.15, 0.2) is 6.10 Å². The van der Waals surface area contributed by atoms with Crippen molar-refractivity contribution in [3.8, 4) is 11.4 Å². The van der Waals surface area contributed by atoms with Crippen molar-refractivity contribution in [3.05, 3.63) is 71.9 Å². The van der Waals surface area contributed by atoms with Crippen LogP contribution in [0.15, 0.2) is 60.8 Å². The van der Waals surface area contributed by atoms with Gasteiger partial charge in [0.05, 0.1) is 11.9 Å². The molecule has 3 aromatic rings. The Morgan fingerprint density at radius 3 is 2.27 bits per heavy atom. The number of hydrogen-bond acceptors (Lipinski definition) is 4. The average molecular weight is 449 g/mol. The lowest BCUT2D eigenvalue weighted by molar-refractivity contribution is -0.122. The second kappa shape index (κ2) is 10.8. The first kappa shape index (κ1) is 24.0. The number of hydrogen-bond donors (Lipinski definition) is 1. The highest BCUT2D eigenvalue weighted by Crippen LogP contribution is 2.27. The number of rotatable bonds is 9. The molecule has 7 nitrogen and oxygen atoms in total. The maximum absolute atomic E-state index is 13.2. The molecule has 1 atom stereocenters. The van der Waals surface area contributed by atoms with Crippen molar-refractivity contribution >= 4 is 17.6 Å². The van der Waals surface area contributed by atoms with Crippen LogP contribution in [-0.2, 0) is 4.79 Å². The first-order chi connectivity index (χ1) is 15.9. The molecule has 2 amide bonds. The van der Waals surface area contributed by atoms with Gasteiger partial charge in [0.1, 0.15) is 17.1 Å². The Morgan fingerprint density at radius 1 is 1.00 bits per heavy atom. The van der Waals surface area contributed by atoms with E-state index in [1.54, 1.807) is 16.5 Å². The van der Waals surface area contributed by atoms with Gasteiger partial charge in [-0.25, -0.2) is 4.68 Å². The molecular formula is C26H32N4O3. The van der Waals surface area contributed by atoms with Crippen LogP contribution in [0.25, 0.3) is 5.69 Å². The molecule has 1 unspecified atom stereocenters. The molecule has 1 aromatic heterocycles. The predicted molar refractivity (Wildman–Crippen MR) is 130 cm³/mol. The largest absolute Gasteiger partial charge is 0.481 e. The van der Waals surface area contributed by atoms with Crippen molar-refractivity contribution < 1.29 is 14.3 Å². The lowest BCUT2D eigenvalue weighted by Gasteiger charge is -2.21. The van der Waals surface area contributed by atoms with Crippen LogP contribution in [-0.4, -0.2) is 45.7 Å². The maximum Gasteiger partial charge on any atom is 0.266 e. The molecule has 0 saturated carbocycles. The van der Waals surface area contributed by atoms with E-state index in [1.165, 1.54) is 6.20 Å². The Kier molecular flexibility index (Phi) is 7.87. The van der Waals surface area contributed by atoms with Crippen molar-refractivity contribution in [2.45, 2.75) is 46.6 Å². The third-order valence-electron chi connectivity index (χ3n) is 5.51. The number of amides is 2. The van der Waals surface area contributed by atoms with E-state index in [0.29, 0.717) is 30.2 Å². The Hall–Kier alpha value is -3.61. The van der Waals surface area contributed by atoms with Crippen molar-refractivity contribution in [3.63, 3.8) is 0 Å². The Balaban J connectivity index is 1.91. The SMILES string of the molecule is CCN(CC)C(=O)c1cnn(-c2ccccc2)c1NC(=O)C(C)Oc1ccccc1C(C)C. The van der Waals surface area contributed by atoms with Crippen molar-refractivity contribution in [2.75, 3.05) is 18.4 Å². The summed E-state index contributed by atoms with van der Waals surface area (Å²) in [6.45, 7) is 10.8. The summed E-state index contributed by atoms with van der Waals surface area (Å²) in [4.78, 5) is 28.0. The van der Waals surface area contributed by atoms with E-state index in [-0.39, 0.29) is 17.7 Å². The minimum atomic E-state index is -0.777. The average Bonchev–Trinajstić information content (AvgIpc) is 3.23. The Labute approximate surface area is 195 Å². The van der Waals surface area contributed by atoms with Crippen molar-refractivity contribution in [2.24, 2.45) is 0 Å². The van der Waals surface area contributed by atoms with E-state index in [0.717, 1.165) is 11.3 Å². The molecule has 0 radical (unpaired) electrons. The molecule has 0 saturated heterocycles. The van der Waals surface area contributed by atoms with Crippen molar-refractivity contribution in [1.29, 1.82) is 0 Å². The van der Waals surface area contributed by atoms with Gasteiger partial charge in [-0.3, -0.25) is 9.59 Å². The topological polar surface area (TPSA) is 76.5 Å². The van der Waals surface area contributed by atoms with Crippen LogP contribution in [0.3, 0.4) is 0 Å². The fourth-order valence-corrected chi connectivity index (χ4v) is 3.60. The summed E-state index contributed by atoms with van der Waals surface area (Å²) in [5.41, 5.74) is 2.11. The monoisotopic (exact) mass is 448 g/mol. The van der Waals surface area contributed by atoms with Crippen LogP contribution in [0.2, 0.25) is 0 Å². The van der Waals surface area contributed by atoms with E-state index >= 15 is 0 Å². The van der Waals surface area contributed by atoms with E-state index in [1.807, 2.05) is 68.4 Å². The van der Waals surface area contributed by atoms with Gasteiger partial charge in [0.25, 0.3) is 11.8 Å². The standard InChI is InChI=1S/C26H32N4O3/c1-6-29(7-2)26(32)22-17-27-30(20-13-9-8-10-14-20)24(22)28-25(31)19(5)33-23-16-12-11-15-21(23)18(3)4/h8-19H,6-7H2,1-5H3,(H,28,31). The zero-order chi connectivity index (χ0) is 24.0. The fraction of sp³-hybridized carbons (Fsp3) is 0.346. The normalized spacial score (nSPS) is 11.8. The lowest BCUT2D eigenvalue weighted by atomic mass is 10.0. The third kappa shape index (κ3) is 5.42. The van der Waals surface area contributed by atoms with Crippen LogP contribution < -0.4 is 10.1 Å². The summed E-state index contributed by atoms with van der Waals surface area (Å²) in [7, 11) is 0. The number of carbonyl (C=O) groups excluding carboxylic acids is 2. The highest BCUT2D eigenvalue weighted by atomic mass is 16.5. The third-order valence-corrected chi connectivity index (χ3v) is 5.51. The molecule has 0 aliphatic carbocycles. The molecule has 174 valence electrons. The molecule has 7 heteroatoms. The number of aromatic nitrogens is 2. The van der Waals surface area contributed by atoms with Gasteiger partial charge >= 0.3 is 0 Å². The summed E-state index contributed by atoms with van der Waals surface area (Å²) in [5, 5.41) is 7.31. The number of para-hydroxylation sites is 2. The van der Waals surface area contributed by atoms with E-state index < -0.39 is 6.10 Å². The molecule has 0 bridgehead atoms. The molecule has 1 N–H and O–H groups in total. The highest BCUT2D eigenvalue weighted by Gasteiger charge is 2.26. The minimum absolute atomic E-state index is 0.184. The summed E-state index contributed by atoms with van der Waals surface area (Å²) in [6.07, 6.45) is 0.725. The van der Waals surface area contributed by atoms with Gasteiger partial charge in [0, 0.05) is 13.1 Å². The fourth-order valence-electron chi connectivity index (χ4n) is 3.60. The van der Waals surface area contributed by atoms with Gasteiger partial charge in [-0.15, -0.1) is 0 Å². The molecule has 0 fully saturated rings. The van der Waals surface area contributed by atoms with Gasteiger partial charge < -0.3 is 15.0 Å². The van der Waals surface area contributed by atoms with E-state index in [2.05, 4.69) is 24.3 Å². The molecule has 0 aliphatic heterocycles. The zero-order valence-electron chi connectivity index (χ0n) is 19.9. The molecule has 0 aliphatic rings. The summed E-state index contributed by atoms with van der Waals surface area (Å²) in [5.74, 6) is 0.715. The Morgan fingerprint density at radius 2 is 1.64 bits per heavy atom. The smallest absolute Gasteiger partial charge is 0.266 e. The van der Waals surface area contributed by atoms with Crippen LogP contribution in [0, 0.1) is 0 Å². The minimum Gasteiger partial charge on any atom is -0.481 e. The van der Waals surface area contributed by atoms with Gasteiger partial charge in [0.2, 0.25) is 0 Å². The van der Waals surface area contributed by atoms with Crippen molar-refractivity contribution in [1.82, 2.24) is 14.7 Å². The predicted octanol–water partition coefficient (Wildman–Crippen LogP) is 4.88. The molecule has 1 heterocycles. The molecular weight excluding hydrogens is 416 g/mol. The maximum atomic E-state index is 13.2. The van der Waals surface area contributed by atoms with E-state index in [9.17, 15) is 9.59 Å². The lowest BCUT2D eigenvalue weighted by Crippen LogP contribution is -2.34.